The second-order valence-corrected chi connectivity index (χ2v) is 4.33. The first-order valence-corrected chi connectivity index (χ1v) is 5.27. The molecule has 1 rings (SSSR count). The van der Waals surface area contributed by atoms with Crippen LogP contribution in [0.25, 0.3) is 0 Å². The van der Waals surface area contributed by atoms with Gasteiger partial charge in [0.15, 0.2) is 0 Å². The third-order valence-corrected chi connectivity index (χ3v) is 2.73. The molecule has 1 aromatic carbocycles. The Balaban J connectivity index is 3.09. The first kappa shape index (κ1) is 12.5. The fourth-order valence-electron chi connectivity index (χ4n) is 1.83. The van der Waals surface area contributed by atoms with E-state index in [-0.39, 0.29) is 6.04 Å². The van der Waals surface area contributed by atoms with Crippen molar-refractivity contribution >= 4 is 0 Å². The monoisotopic (exact) mass is 218 g/mol. The molecule has 1 unspecified atom stereocenters. The Morgan fingerprint density at radius 1 is 1.44 bits per heavy atom. The number of rotatable bonds is 4. The number of hydrogen-bond donors (Lipinski definition) is 1. The van der Waals surface area contributed by atoms with Gasteiger partial charge >= 0.3 is 0 Å². The largest absolute Gasteiger partial charge is 0.497 e. The SMILES string of the molecule is CNC(c1cccc(OC)c1)C(C)(C)C#N. The Morgan fingerprint density at radius 2 is 2.12 bits per heavy atom. The molecule has 0 amide bonds. The molecule has 0 aromatic heterocycles. The van der Waals surface area contributed by atoms with E-state index < -0.39 is 5.41 Å². The first-order valence-electron chi connectivity index (χ1n) is 5.27. The van der Waals surface area contributed by atoms with Gasteiger partial charge in [0.2, 0.25) is 0 Å². The summed E-state index contributed by atoms with van der Waals surface area (Å²) in [6.45, 7) is 3.85. The highest BCUT2D eigenvalue weighted by atomic mass is 16.5. The quantitative estimate of drug-likeness (QED) is 0.844. The van der Waals surface area contributed by atoms with Crippen molar-refractivity contribution in [3.8, 4) is 11.8 Å². The maximum Gasteiger partial charge on any atom is 0.119 e. The lowest BCUT2D eigenvalue weighted by atomic mass is 9.82. The van der Waals surface area contributed by atoms with E-state index >= 15 is 0 Å². The molecule has 3 nitrogen and oxygen atoms in total. The maximum atomic E-state index is 9.16. The van der Waals surface area contributed by atoms with Crippen LogP contribution in [0, 0.1) is 16.7 Å². The Morgan fingerprint density at radius 3 is 2.62 bits per heavy atom. The first-order chi connectivity index (χ1) is 7.55. The highest BCUT2D eigenvalue weighted by Gasteiger charge is 2.29. The summed E-state index contributed by atoms with van der Waals surface area (Å²) in [5, 5.41) is 12.3. The zero-order valence-electron chi connectivity index (χ0n) is 10.2. The molecule has 16 heavy (non-hydrogen) atoms. The van der Waals surface area contributed by atoms with Crippen LogP contribution in [0.15, 0.2) is 24.3 Å². The molecule has 1 atom stereocenters. The lowest BCUT2D eigenvalue weighted by molar-refractivity contribution is 0.342. The van der Waals surface area contributed by atoms with E-state index in [4.69, 9.17) is 10.00 Å². The molecule has 0 aliphatic heterocycles. The Hall–Kier alpha value is -1.53. The lowest BCUT2D eigenvalue weighted by Crippen LogP contribution is -2.30. The molecule has 1 N–H and O–H groups in total. The molecule has 0 heterocycles. The highest BCUT2D eigenvalue weighted by Crippen LogP contribution is 2.33. The minimum atomic E-state index is -0.457. The van der Waals surface area contributed by atoms with Crippen LogP contribution >= 0.6 is 0 Å². The summed E-state index contributed by atoms with van der Waals surface area (Å²) in [6.07, 6.45) is 0. The van der Waals surface area contributed by atoms with Crippen LogP contribution in [0.3, 0.4) is 0 Å². The molecule has 0 aliphatic rings. The van der Waals surface area contributed by atoms with Crippen LogP contribution in [0.2, 0.25) is 0 Å². The van der Waals surface area contributed by atoms with Gasteiger partial charge in [0.1, 0.15) is 5.75 Å². The normalized spacial score (nSPS) is 12.9. The Labute approximate surface area is 97.0 Å². The predicted octanol–water partition coefficient (Wildman–Crippen LogP) is 2.51. The minimum absolute atomic E-state index is 0.00685. The van der Waals surface area contributed by atoms with Crippen LogP contribution < -0.4 is 10.1 Å². The van der Waals surface area contributed by atoms with E-state index in [2.05, 4.69) is 11.4 Å². The van der Waals surface area contributed by atoms with E-state index in [0.717, 1.165) is 11.3 Å². The molecular weight excluding hydrogens is 200 g/mol. The second-order valence-electron chi connectivity index (χ2n) is 4.33. The van der Waals surface area contributed by atoms with Crippen LogP contribution in [-0.2, 0) is 0 Å². The summed E-state index contributed by atoms with van der Waals surface area (Å²) in [4.78, 5) is 0. The van der Waals surface area contributed by atoms with Crippen molar-refractivity contribution in [3.05, 3.63) is 29.8 Å². The number of nitriles is 1. The standard InChI is InChI=1S/C13H18N2O/c1-13(2,9-14)12(15-3)10-6-5-7-11(8-10)16-4/h5-8,12,15H,1-4H3. The van der Waals surface area contributed by atoms with Crippen molar-refractivity contribution in [2.75, 3.05) is 14.2 Å². The molecule has 3 heteroatoms. The van der Waals surface area contributed by atoms with Gasteiger partial charge in [-0.25, -0.2) is 0 Å². The topological polar surface area (TPSA) is 45.0 Å². The number of methoxy groups -OCH3 is 1. The van der Waals surface area contributed by atoms with Gasteiger partial charge in [-0.2, -0.15) is 5.26 Å². The fourth-order valence-corrected chi connectivity index (χ4v) is 1.83. The van der Waals surface area contributed by atoms with Gasteiger partial charge in [0.25, 0.3) is 0 Å². The minimum Gasteiger partial charge on any atom is -0.497 e. The van der Waals surface area contributed by atoms with E-state index in [1.165, 1.54) is 0 Å². The maximum absolute atomic E-state index is 9.16. The summed E-state index contributed by atoms with van der Waals surface area (Å²) in [5.74, 6) is 0.812. The summed E-state index contributed by atoms with van der Waals surface area (Å²) in [7, 11) is 3.51. The van der Waals surface area contributed by atoms with Gasteiger partial charge in [-0.1, -0.05) is 12.1 Å². The summed E-state index contributed by atoms with van der Waals surface area (Å²) >= 11 is 0. The van der Waals surface area contributed by atoms with E-state index in [1.54, 1.807) is 7.11 Å². The molecule has 0 bridgehead atoms. The van der Waals surface area contributed by atoms with Gasteiger partial charge in [0, 0.05) is 0 Å². The average molecular weight is 218 g/mol. The van der Waals surface area contributed by atoms with Crippen LogP contribution in [0.1, 0.15) is 25.5 Å². The van der Waals surface area contributed by atoms with Gasteiger partial charge in [-0.05, 0) is 38.6 Å². The fraction of sp³-hybridized carbons (Fsp3) is 0.462. The average Bonchev–Trinajstić information content (AvgIpc) is 2.30. The lowest BCUT2D eigenvalue weighted by Gasteiger charge is -2.28. The zero-order chi connectivity index (χ0) is 12.2. The Bertz CT molecular complexity index is 393. The third-order valence-electron chi connectivity index (χ3n) is 2.73. The third kappa shape index (κ3) is 2.53. The van der Waals surface area contributed by atoms with Crippen LogP contribution in [-0.4, -0.2) is 14.2 Å². The molecule has 0 radical (unpaired) electrons. The number of ether oxygens (including phenoxy) is 1. The van der Waals surface area contributed by atoms with Gasteiger partial charge < -0.3 is 10.1 Å². The van der Waals surface area contributed by atoms with Gasteiger partial charge in [0.05, 0.1) is 24.6 Å². The Kier molecular flexibility index (Phi) is 3.92. The molecule has 0 saturated heterocycles. The van der Waals surface area contributed by atoms with Crippen molar-refractivity contribution < 1.29 is 4.74 Å². The number of benzene rings is 1. The molecule has 1 aromatic rings. The van der Waals surface area contributed by atoms with E-state index in [1.807, 2.05) is 45.2 Å². The molecule has 0 aliphatic carbocycles. The van der Waals surface area contributed by atoms with Crippen LogP contribution in [0.4, 0.5) is 0 Å². The molecule has 86 valence electrons. The smallest absolute Gasteiger partial charge is 0.119 e. The number of hydrogen-bond acceptors (Lipinski definition) is 3. The van der Waals surface area contributed by atoms with Crippen molar-refractivity contribution in [1.82, 2.24) is 5.32 Å². The predicted molar refractivity (Wildman–Crippen MR) is 64.2 cm³/mol. The summed E-state index contributed by atoms with van der Waals surface area (Å²) in [6, 6.07) is 10.1. The summed E-state index contributed by atoms with van der Waals surface area (Å²) in [5.41, 5.74) is 0.606. The highest BCUT2D eigenvalue weighted by molar-refractivity contribution is 5.32. The molecule has 0 saturated carbocycles. The number of nitrogens with one attached hydrogen (secondary N) is 1. The summed E-state index contributed by atoms with van der Waals surface area (Å²) < 4.78 is 5.19. The van der Waals surface area contributed by atoms with Crippen molar-refractivity contribution in [2.24, 2.45) is 5.41 Å². The van der Waals surface area contributed by atoms with Crippen molar-refractivity contribution in [3.63, 3.8) is 0 Å². The van der Waals surface area contributed by atoms with Gasteiger partial charge in [-0.15, -0.1) is 0 Å². The van der Waals surface area contributed by atoms with Crippen molar-refractivity contribution in [1.29, 1.82) is 5.26 Å². The number of nitrogens with zero attached hydrogens (tertiary/aromatic N) is 1. The molecular formula is C13H18N2O. The van der Waals surface area contributed by atoms with Crippen LogP contribution in [0.5, 0.6) is 5.75 Å². The molecule has 0 spiro atoms. The van der Waals surface area contributed by atoms with Gasteiger partial charge in [-0.3, -0.25) is 0 Å². The zero-order valence-corrected chi connectivity index (χ0v) is 10.2. The van der Waals surface area contributed by atoms with E-state index in [9.17, 15) is 0 Å². The molecule has 0 fully saturated rings. The van der Waals surface area contributed by atoms with Crippen molar-refractivity contribution in [2.45, 2.75) is 19.9 Å². The van der Waals surface area contributed by atoms with E-state index in [0.29, 0.717) is 0 Å². The second kappa shape index (κ2) is 5.00.